The Morgan fingerprint density at radius 1 is 1.18 bits per heavy atom. The van der Waals surface area contributed by atoms with Crippen LogP contribution in [0.5, 0.6) is 0 Å². The highest BCUT2D eigenvalue weighted by Crippen LogP contribution is 2.23. The molecular weight excluding hydrogens is 214 g/mol. The third-order valence-electron chi connectivity index (χ3n) is 2.88. The molecule has 3 aromatic rings. The summed E-state index contributed by atoms with van der Waals surface area (Å²) >= 11 is 0. The van der Waals surface area contributed by atoms with Crippen molar-refractivity contribution in [1.29, 1.82) is 0 Å². The van der Waals surface area contributed by atoms with E-state index in [4.69, 9.17) is 0 Å². The van der Waals surface area contributed by atoms with Crippen LogP contribution in [0.1, 0.15) is 5.56 Å². The van der Waals surface area contributed by atoms with E-state index < -0.39 is 0 Å². The summed E-state index contributed by atoms with van der Waals surface area (Å²) in [7, 11) is 3.84. The molecule has 17 heavy (non-hydrogen) atoms. The van der Waals surface area contributed by atoms with Gasteiger partial charge in [-0.15, -0.1) is 0 Å². The van der Waals surface area contributed by atoms with Crippen LogP contribution in [0.2, 0.25) is 0 Å². The Balaban J connectivity index is 2.23. The summed E-state index contributed by atoms with van der Waals surface area (Å²) in [5, 5.41) is 8.64. The maximum Gasteiger partial charge on any atom is 0.108 e. The fourth-order valence-corrected chi connectivity index (χ4v) is 2.05. The van der Waals surface area contributed by atoms with Gasteiger partial charge in [0.05, 0.1) is 17.4 Å². The maximum absolute atomic E-state index is 4.45. The topological polar surface area (TPSA) is 48.5 Å². The fraction of sp³-hybridized carbons (Fsp3) is 0.250. The predicted octanol–water partition coefficient (Wildman–Crippen LogP) is 1.68. The maximum atomic E-state index is 4.45. The average Bonchev–Trinajstić information content (AvgIpc) is 2.83. The standard InChI is InChI=1S/C12H13N5/c1-8-7-16(2)15-12(8)9-4-11-10(13-5-9)6-14-17(11)3/h4-7H,1-3H3. The van der Waals surface area contributed by atoms with Gasteiger partial charge < -0.3 is 0 Å². The molecule has 0 radical (unpaired) electrons. The highest BCUT2D eigenvalue weighted by Gasteiger charge is 2.09. The predicted molar refractivity (Wildman–Crippen MR) is 65.4 cm³/mol. The third kappa shape index (κ3) is 1.51. The molecule has 5 nitrogen and oxygen atoms in total. The number of aryl methyl sites for hydroxylation is 3. The first-order chi connectivity index (χ1) is 8.15. The lowest BCUT2D eigenvalue weighted by atomic mass is 10.1. The Morgan fingerprint density at radius 3 is 2.71 bits per heavy atom. The van der Waals surface area contributed by atoms with Crippen molar-refractivity contribution in [2.45, 2.75) is 6.92 Å². The minimum atomic E-state index is 0.907. The van der Waals surface area contributed by atoms with E-state index in [-0.39, 0.29) is 0 Å². The second kappa shape index (κ2) is 3.41. The van der Waals surface area contributed by atoms with E-state index in [0.717, 1.165) is 27.9 Å². The highest BCUT2D eigenvalue weighted by molar-refractivity contribution is 5.79. The van der Waals surface area contributed by atoms with Gasteiger partial charge in [0, 0.05) is 32.1 Å². The van der Waals surface area contributed by atoms with Crippen molar-refractivity contribution in [3.63, 3.8) is 0 Å². The first-order valence-electron chi connectivity index (χ1n) is 5.43. The molecule has 0 aliphatic carbocycles. The van der Waals surface area contributed by atoms with Crippen molar-refractivity contribution >= 4 is 11.0 Å². The van der Waals surface area contributed by atoms with Gasteiger partial charge in [-0.1, -0.05) is 0 Å². The number of fused-ring (bicyclic) bond motifs is 1. The molecule has 0 N–H and O–H groups in total. The largest absolute Gasteiger partial charge is 0.275 e. The molecule has 86 valence electrons. The van der Waals surface area contributed by atoms with E-state index in [1.807, 2.05) is 35.9 Å². The summed E-state index contributed by atoms with van der Waals surface area (Å²) in [6, 6.07) is 2.07. The van der Waals surface area contributed by atoms with Crippen LogP contribution in [0, 0.1) is 6.92 Å². The molecule has 0 bridgehead atoms. The van der Waals surface area contributed by atoms with Crippen molar-refractivity contribution in [1.82, 2.24) is 24.5 Å². The molecule has 0 aromatic carbocycles. The summed E-state index contributed by atoms with van der Waals surface area (Å²) < 4.78 is 3.64. The Kier molecular flexibility index (Phi) is 2.01. The lowest BCUT2D eigenvalue weighted by Crippen LogP contribution is -1.91. The van der Waals surface area contributed by atoms with Gasteiger partial charge in [-0.25, -0.2) is 0 Å². The Morgan fingerprint density at radius 2 is 2.00 bits per heavy atom. The number of hydrogen-bond donors (Lipinski definition) is 0. The van der Waals surface area contributed by atoms with Gasteiger partial charge in [0.2, 0.25) is 0 Å². The zero-order valence-corrected chi connectivity index (χ0v) is 10.0. The minimum absolute atomic E-state index is 0.907. The van der Waals surface area contributed by atoms with Crippen LogP contribution in [0.15, 0.2) is 24.7 Å². The Bertz CT molecular complexity index is 692. The normalized spacial score (nSPS) is 11.2. The van der Waals surface area contributed by atoms with Crippen LogP contribution in [0.25, 0.3) is 22.3 Å². The van der Waals surface area contributed by atoms with E-state index in [1.165, 1.54) is 0 Å². The molecule has 0 saturated heterocycles. The number of aromatic nitrogens is 5. The number of nitrogens with zero attached hydrogens (tertiary/aromatic N) is 5. The highest BCUT2D eigenvalue weighted by atomic mass is 15.3. The van der Waals surface area contributed by atoms with Gasteiger partial charge >= 0.3 is 0 Å². The van der Waals surface area contributed by atoms with E-state index >= 15 is 0 Å². The van der Waals surface area contributed by atoms with Crippen LogP contribution in [-0.4, -0.2) is 24.5 Å². The molecule has 0 aliphatic heterocycles. The summed E-state index contributed by atoms with van der Waals surface area (Å²) in [5.74, 6) is 0. The smallest absolute Gasteiger partial charge is 0.108 e. The second-order valence-corrected chi connectivity index (χ2v) is 4.23. The molecule has 3 aromatic heterocycles. The number of pyridine rings is 1. The molecule has 0 fully saturated rings. The van der Waals surface area contributed by atoms with E-state index in [2.05, 4.69) is 28.2 Å². The van der Waals surface area contributed by atoms with Gasteiger partial charge in [-0.2, -0.15) is 10.2 Å². The van der Waals surface area contributed by atoms with Crippen molar-refractivity contribution in [3.05, 3.63) is 30.2 Å². The third-order valence-corrected chi connectivity index (χ3v) is 2.88. The average molecular weight is 227 g/mol. The molecule has 5 heteroatoms. The molecule has 0 saturated carbocycles. The molecule has 3 rings (SSSR count). The quantitative estimate of drug-likeness (QED) is 0.635. The molecule has 3 heterocycles. The molecule has 0 amide bonds. The van der Waals surface area contributed by atoms with Gasteiger partial charge in [0.1, 0.15) is 5.52 Å². The molecule has 0 unspecified atom stereocenters. The van der Waals surface area contributed by atoms with Crippen molar-refractivity contribution < 1.29 is 0 Å². The lowest BCUT2D eigenvalue weighted by Gasteiger charge is -1.99. The van der Waals surface area contributed by atoms with Gasteiger partial charge in [0.25, 0.3) is 0 Å². The monoisotopic (exact) mass is 227 g/mol. The molecule has 0 aliphatic rings. The minimum Gasteiger partial charge on any atom is -0.275 e. The van der Waals surface area contributed by atoms with Crippen LogP contribution in [-0.2, 0) is 14.1 Å². The Hall–Kier alpha value is -2.17. The Labute approximate surface area is 98.7 Å². The van der Waals surface area contributed by atoms with Crippen molar-refractivity contribution in [2.75, 3.05) is 0 Å². The molecular formula is C12H13N5. The van der Waals surface area contributed by atoms with Crippen molar-refractivity contribution in [2.24, 2.45) is 14.1 Å². The van der Waals surface area contributed by atoms with Gasteiger partial charge in [0.15, 0.2) is 0 Å². The SMILES string of the molecule is Cc1cn(C)nc1-c1cnc2cnn(C)c2c1. The van der Waals surface area contributed by atoms with E-state index in [9.17, 15) is 0 Å². The first-order valence-corrected chi connectivity index (χ1v) is 5.43. The van der Waals surface area contributed by atoms with Gasteiger partial charge in [-0.3, -0.25) is 14.3 Å². The second-order valence-electron chi connectivity index (χ2n) is 4.23. The zero-order chi connectivity index (χ0) is 12.0. The summed E-state index contributed by atoms with van der Waals surface area (Å²) in [4.78, 5) is 4.40. The summed E-state index contributed by atoms with van der Waals surface area (Å²) in [6.45, 7) is 2.05. The lowest BCUT2D eigenvalue weighted by molar-refractivity contribution is 0.770. The zero-order valence-electron chi connectivity index (χ0n) is 10.0. The van der Waals surface area contributed by atoms with E-state index in [1.54, 1.807) is 6.20 Å². The summed E-state index contributed by atoms with van der Waals surface area (Å²) in [6.07, 6.45) is 5.62. The van der Waals surface area contributed by atoms with Crippen LogP contribution in [0.4, 0.5) is 0 Å². The first kappa shape index (κ1) is 10.0. The van der Waals surface area contributed by atoms with Crippen LogP contribution < -0.4 is 0 Å². The number of hydrogen-bond acceptors (Lipinski definition) is 3. The van der Waals surface area contributed by atoms with Gasteiger partial charge in [-0.05, 0) is 18.6 Å². The van der Waals surface area contributed by atoms with E-state index in [0.29, 0.717) is 0 Å². The van der Waals surface area contributed by atoms with Crippen LogP contribution >= 0.6 is 0 Å². The molecule has 0 atom stereocenters. The fourth-order valence-electron chi connectivity index (χ4n) is 2.05. The van der Waals surface area contributed by atoms with Crippen molar-refractivity contribution in [3.8, 4) is 11.3 Å². The molecule has 0 spiro atoms. The summed E-state index contributed by atoms with van der Waals surface area (Å²) in [5.41, 5.74) is 5.08. The van der Waals surface area contributed by atoms with Crippen LogP contribution in [0.3, 0.4) is 0 Å². The number of rotatable bonds is 1.